The van der Waals surface area contributed by atoms with Gasteiger partial charge in [0.05, 0.1) is 20.3 Å². The summed E-state index contributed by atoms with van der Waals surface area (Å²) in [6, 6.07) is 9.09. The van der Waals surface area contributed by atoms with E-state index in [2.05, 4.69) is 5.32 Å². The van der Waals surface area contributed by atoms with Crippen LogP contribution in [-0.2, 0) is 22.7 Å². The van der Waals surface area contributed by atoms with Crippen molar-refractivity contribution in [3.63, 3.8) is 0 Å². The van der Waals surface area contributed by atoms with Crippen LogP contribution >= 0.6 is 0 Å². The number of benzene rings is 2. The van der Waals surface area contributed by atoms with E-state index in [4.69, 9.17) is 9.47 Å². The maximum absolute atomic E-state index is 14.8. The number of carbonyl (C=O) groups is 1. The van der Waals surface area contributed by atoms with Gasteiger partial charge in [-0.05, 0) is 59.7 Å². The molecule has 1 saturated carbocycles. The van der Waals surface area contributed by atoms with Gasteiger partial charge in [-0.2, -0.15) is 0 Å². The highest BCUT2D eigenvalue weighted by Crippen LogP contribution is 2.41. The topological polar surface area (TPSA) is 67.8 Å². The highest BCUT2D eigenvalue weighted by atomic mass is 19.1. The fourth-order valence-corrected chi connectivity index (χ4v) is 4.30. The molecule has 0 radical (unpaired) electrons. The first-order valence-electron chi connectivity index (χ1n) is 11.5. The Hall–Kier alpha value is -3.19. The average molecular weight is 470 g/mol. The molecule has 180 valence electrons. The van der Waals surface area contributed by atoms with Crippen molar-refractivity contribution in [2.75, 3.05) is 13.7 Å². The van der Waals surface area contributed by atoms with Crippen LogP contribution in [0.1, 0.15) is 36.5 Å². The number of aliphatic hydroxyl groups excluding tert-OH is 1. The van der Waals surface area contributed by atoms with Crippen molar-refractivity contribution in [1.82, 2.24) is 5.32 Å². The number of nitrogens with one attached hydrogen (secondary N) is 1. The number of hydrogen-bond acceptors (Lipinski definition) is 4. The normalized spacial score (nSPS) is 19.8. The summed E-state index contributed by atoms with van der Waals surface area (Å²) >= 11 is 0. The zero-order valence-electron chi connectivity index (χ0n) is 19.3. The van der Waals surface area contributed by atoms with E-state index in [9.17, 15) is 18.7 Å². The largest absolute Gasteiger partial charge is 0.497 e. The van der Waals surface area contributed by atoms with Crippen LogP contribution in [0.2, 0.25) is 0 Å². The van der Waals surface area contributed by atoms with Gasteiger partial charge in [0.2, 0.25) is 5.91 Å². The second-order valence-corrected chi connectivity index (χ2v) is 8.83. The molecular weight excluding hydrogens is 440 g/mol. The van der Waals surface area contributed by atoms with Gasteiger partial charge in [-0.25, -0.2) is 8.78 Å². The summed E-state index contributed by atoms with van der Waals surface area (Å²) in [7, 11) is 1.39. The van der Waals surface area contributed by atoms with Crippen molar-refractivity contribution in [1.29, 1.82) is 0 Å². The molecule has 2 unspecified atom stereocenters. The van der Waals surface area contributed by atoms with Crippen LogP contribution < -0.4 is 10.1 Å². The van der Waals surface area contributed by atoms with Crippen molar-refractivity contribution in [2.24, 2.45) is 17.8 Å². The predicted octanol–water partition coefficient (Wildman–Crippen LogP) is 4.74. The van der Waals surface area contributed by atoms with Crippen LogP contribution in [-0.4, -0.2) is 24.7 Å². The first kappa shape index (κ1) is 24.0. The lowest BCUT2D eigenvalue weighted by molar-refractivity contribution is -0.126. The third kappa shape index (κ3) is 5.14. The molecule has 0 aromatic heterocycles. The molecule has 5 nitrogen and oxygen atoms in total. The summed E-state index contributed by atoms with van der Waals surface area (Å²) in [4.78, 5) is 13.4. The molecule has 1 fully saturated rings. The molecule has 0 heterocycles. The number of ether oxygens (including phenoxy) is 2. The lowest BCUT2D eigenvalue weighted by atomic mass is 9.77. The van der Waals surface area contributed by atoms with Gasteiger partial charge in [0, 0.05) is 18.0 Å². The Bertz CT molecular complexity index is 1120. The Morgan fingerprint density at radius 3 is 2.62 bits per heavy atom. The number of rotatable bonds is 9. The zero-order valence-corrected chi connectivity index (χ0v) is 19.3. The van der Waals surface area contributed by atoms with Gasteiger partial charge in [-0.3, -0.25) is 4.79 Å². The summed E-state index contributed by atoms with van der Waals surface area (Å²) in [6.45, 7) is 2.20. The molecule has 2 atom stereocenters. The van der Waals surface area contributed by atoms with Gasteiger partial charge in [0.1, 0.15) is 17.5 Å². The maximum atomic E-state index is 14.8. The first-order chi connectivity index (χ1) is 16.4. The SMILES string of the molecule is COc1ccc(CNC(=O)C2C(OCC3CC3)=CC=C(c3c(F)cccc3CO)C2C)cc1F. The molecule has 2 N–H and O–H groups in total. The number of aliphatic hydroxyl groups is 1. The van der Waals surface area contributed by atoms with Crippen molar-refractivity contribution >= 4 is 11.5 Å². The molecule has 0 aliphatic heterocycles. The quantitative estimate of drug-likeness (QED) is 0.557. The fourth-order valence-electron chi connectivity index (χ4n) is 4.30. The van der Waals surface area contributed by atoms with Gasteiger partial charge in [0.15, 0.2) is 11.6 Å². The van der Waals surface area contributed by atoms with Crippen molar-refractivity contribution in [3.05, 3.63) is 82.6 Å². The van der Waals surface area contributed by atoms with Gasteiger partial charge >= 0.3 is 0 Å². The molecule has 0 saturated heterocycles. The highest BCUT2D eigenvalue weighted by molar-refractivity contribution is 5.87. The number of amides is 1. The van der Waals surface area contributed by atoms with Crippen molar-refractivity contribution in [2.45, 2.75) is 32.9 Å². The third-order valence-corrected chi connectivity index (χ3v) is 6.43. The van der Waals surface area contributed by atoms with Crippen molar-refractivity contribution in [3.8, 4) is 5.75 Å². The first-order valence-corrected chi connectivity index (χ1v) is 11.5. The fraction of sp³-hybridized carbons (Fsp3) is 0.370. The van der Waals surface area contributed by atoms with Crippen LogP contribution in [0.25, 0.3) is 5.57 Å². The second kappa shape index (κ2) is 10.4. The van der Waals surface area contributed by atoms with Crippen LogP contribution in [0.5, 0.6) is 5.75 Å². The molecular formula is C27H29F2NO4. The molecule has 0 spiro atoms. The molecule has 1 amide bonds. The van der Waals surface area contributed by atoms with E-state index in [1.165, 1.54) is 25.3 Å². The number of carbonyl (C=O) groups excluding carboxylic acids is 1. The highest BCUT2D eigenvalue weighted by Gasteiger charge is 2.37. The van der Waals surface area contributed by atoms with Gasteiger partial charge in [0.25, 0.3) is 0 Å². The van der Waals surface area contributed by atoms with E-state index in [-0.39, 0.29) is 24.8 Å². The standard InChI is InChI=1S/C27H29F2NO4/c1-16-20(26-19(14-31)4-3-5-21(26)28)9-11-24(34-15-17-6-7-17)25(16)27(32)30-13-18-8-10-23(33-2)22(29)12-18/h3-5,8-12,16-17,25,31H,6-7,13-15H2,1-2H3,(H,30,32). The molecule has 0 bridgehead atoms. The minimum atomic E-state index is -0.687. The maximum Gasteiger partial charge on any atom is 0.231 e. The Kier molecular flexibility index (Phi) is 7.32. The Morgan fingerprint density at radius 1 is 1.15 bits per heavy atom. The van der Waals surface area contributed by atoms with E-state index in [1.807, 2.05) is 6.92 Å². The minimum Gasteiger partial charge on any atom is -0.497 e. The van der Waals surface area contributed by atoms with Crippen LogP contribution in [0.3, 0.4) is 0 Å². The summed E-state index contributed by atoms with van der Waals surface area (Å²) in [5.74, 6) is -1.18. The lowest BCUT2D eigenvalue weighted by Gasteiger charge is -2.31. The minimum absolute atomic E-state index is 0.125. The molecule has 4 rings (SSSR count). The van der Waals surface area contributed by atoms with Crippen LogP contribution in [0.4, 0.5) is 8.78 Å². The van der Waals surface area contributed by atoms with E-state index < -0.39 is 23.5 Å². The van der Waals surface area contributed by atoms with E-state index >= 15 is 0 Å². The number of methoxy groups -OCH3 is 1. The van der Waals surface area contributed by atoms with Gasteiger partial charge in [-0.1, -0.05) is 31.2 Å². The number of hydrogen-bond donors (Lipinski definition) is 2. The predicted molar refractivity (Wildman–Crippen MR) is 125 cm³/mol. The lowest BCUT2D eigenvalue weighted by Crippen LogP contribution is -2.37. The van der Waals surface area contributed by atoms with Gasteiger partial charge < -0.3 is 19.9 Å². The average Bonchev–Trinajstić information content (AvgIpc) is 3.66. The van der Waals surface area contributed by atoms with Gasteiger partial charge in [-0.15, -0.1) is 0 Å². The summed E-state index contributed by atoms with van der Waals surface area (Å²) < 4.78 is 39.8. The number of allylic oxidation sites excluding steroid dienone is 3. The van der Waals surface area contributed by atoms with Crippen LogP contribution in [0, 0.1) is 29.4 Å². The van der Waals surface area contributed by atoms with E-state index in [1.54, 1.807) is 30.4 Å². The summed E-state index contributed by atoms with van der Waals surface area (Å²) in [6.07, 6.45) is 5.72. The molecule has 34 heavy (non-hydrogen) atoms. The van der Waals surface area contributed by atoms with E-state index in [0.717, 1.165) is 12.8 Å². The monoisotopic (exact) mass is 469 g/mol. The molecule has 2 aromatic carbocycles. The molecule has 2 aliphatic rings. The van der Waals surface area contributed by atoms with Crippen LogP contribution in [0.15, 0.2) is 54.3 Å². The Labute approximate surface area is 198 Å². The zero-order chi connectivity index (χ0) is 24.2. The molecule has 2 aliphatic carbocycles. The Balaban J connectivity index is 1.58. The summed E-state index contributed by atoms with van der Waals surface area (Å²) in [5.41, 5.74) is 1.98. The number of halogens is 2. The Morgan fingerprint density at radius 2 is 1.94 bits per heavy atom. The van der Waals surface area contributed by atoms with Crippen molar-refractivity contribution < 1.29 is 28.2 Å². The summed E-state index contributed by atoms with van der Waals surface area (Å²) in [5, 5.41) is 12.6. The molecule has 2 aromatic rings. The molecule has 7 heteroatoms. The third-order valence-electron chi connectivity index (χ3n) is 6.43. The van der Waals surface area contributed by atoms with E-state index in [0.29, 0.717) is 40.5 Å². The smallest absolute Gasteiger partial charge is 0.231 e. The second-order valence-electron chi connectivity index (χ2n) is 8.83.